The molecule has 1 aliphatic carbocycles. The number of aromatic nitrogens is 5. The number of hydrogen-bond donors (Lipinski definition) is 0. The average Bonchev–Trinajstić information content (AvgIpc) is 3.53. The van der Waals surface area contributed by atoms with Crippen LogP contribution in [0.15, 0.2) is 48.9 Å². The van der Waals surface area contributed by atoms with Crippen LogP contribution in [-0.2, 0) is 4.84 Å². The van der Waals surface area contributed by atoms with E-state index in [9.17, 15) is 4.79 Å². The predicted octanol–water partition coefficient (Wildman–Crippen LogP) is 2.61. The van der Waals surface area contributed by atoms with E-state index in [1.54, 1.807) is 23.7 Å². The van der Waals surface area contributed by atoms with Gasteiger partial charge in [0.2, 0.25) is 0 Å². The van der Waals surface area contributed by atoms with Crippen LogP contribution in [0.25, 0.3) is 5.69 Å². The first-order chi connectivity index (χ1) is 15.1. The minimum Gasteiger partial charge on any atom is -0.329 e. The van der Waals surface area contributed by atoms with Crippen LogP contribution in [0, 0.1) is 0 Å². The van der Waals surface area contributed by atoms with Gasteiger partial charge in [0.25, 0.3) is 5.91 Å². The maximum absolute atomic E-state index is 13.6. The molecule has 1 aromatic carbocycles. The maximum Gasteiger partial charge on any atom is 0.256 e. The number of rotatable bonds is 4. The quantitative estimate of drug-likeness (QED) is 0.642. The Kier molecular flexibility index (Phi) is 5.11. The first-order valence-electron chi connectivity index (χ1n) is 10.6. The minimum atomic E-state index is -0.115. The summed E-state index contributed by atoms with van der Waals surface area (Å²) in [4.78, 5) is 32.2. The lowest BCUT2D eigenvalue weighted by Crippen LogP contribution is -2.47. The normalized spacial score (nSPS) is 21.7. The SMILES string of the molecule is C[C@@H]1CON(c2ccnc(C3CC3)n2)C[C@H](C)N1C(=O)c1ccccc1-n1nccn1. The van der Waals surface area contributed by atoms with Crippen molar-refractivity contribution in [3.05, 3.63) is 60.3 Å². The first kappa shape index (κ1) is 19.6. The number of nitrogens with zero attached hydrogens (tertiary/aromatic N) is 7. The highest BCUT2D eigenvalue weighted by molar-refractivity contribution is 5.98. The average molecular weight is 419 g/mol. The van der Waals surface area contributed by atoms with Gasteiger partial charge < -0.3 is 4.90 Å². The molecule has 160 valence electrons. The van der Waals surface area contributed by atoms with Crippen LogP contribution in [-0.4, -0.2) is 61.0 Å². The highest BCUT2D eigenvalue weighted by Crippen LogP contribution is 2.38. The van der Waals surface area contributed by atoms with E-state index in [0.29, 0.717) is 30.3 Å². The third-order valence-electron chi connectivity index (χ3n) is 5.71. The van der Waals surface area contributed by atoms with E-state index >= 15 is 0 Å². The number of anilines is 1. The number of hydroxylamine groups is 1. The molecule has 1 saturated heterocycles. The van der Waals surface area contributed by atoms with E-state index < -0.39 is 0 Å². The summed E-state index contributed by atoms with van der Waals surface area (Å²) >= 11 is 0. The van der Waals surface area contributed by atoms with Crippen LogP contribution in [0.1, 0.15) is 48.8 Å². The molecule has 2 aromatic heterocycles. The minimum absolute atomic E-state index is 0.0697. The lowest BCUT2D eigenvalue weighted by molar-refractivity contribution is 0.0545. The third-order valence-corrected chi connectivity index (χ3v) is 5.71. The molecule has 0 radical (unpaired) electrons. The Hall–Kier alpha value is -3.33. The molecule has 9 nitrogen and oxygen atoms in total. The second-order valence-corrected chi connectivity index (χ2v) is 8.15. The monoisotopic (exact) mass is 419 g/mol. The largest absolute Gasteiger partial charge is 0.329 e. The third kappa shape index (κ3) is 3.88. The van der Waals surface area contributed by atoms with Crippen molar-refractivity contribution in [2.75, 3.05) is 18.2 Å². The summed E-state index contributed by atoms with van der Waals surface area (Å²) in [7, 11) is 0. The van der Waals surface area contributed by atoms with Gasteiger partial charge in [0, 0.05) is 24.2 Å². The highest BCUT2D eigenvalue weighted by Gasteiger charge is 2.34. The summed E-state index contributed by atoms with van der Waals surface area (Å²) in [5, 5.41) is 10.2. The molecule has 0 spiro atoms. The summed E-state index contributed by atoms with van der Waals surface area (Å²) in [6, 6.07) is 9.05. The Bertz CT molecular complexity index is 1070. The van der Waals surface area contributed by atoms with Gasteiger partial charge in [-0.25, -0.2) is 15.0 Å². The van der Waals surface area contributed by atoms with E-state index in [-0.39, 0.29) is 18.0 Å². The van der Waals surface area contributed by atoms with Gasteiger partial charge in [0.15, 0.2) is 5.82 Å². The molecule has 2 atom stereocenters. The van der Waals surface area contributed by atoms with Crippen LogP contribution in [0.2, 0.25) is 0 Å². The smallest absolute Gasteiger partial charge is 0.256 e. The Labute approximate surface area is 180 Å². The lowest BCUT2D eigenvalue weighted by Gasteiger charge is -2.32. The van der Waals surface area contributed by atoms with Crippen molar-refractivity contribution < 1.29 is 9.63 Å². The summed E-state index contributed by atoms with van der Waals surface area (Å²) in [5.74, 6) is 2.01. The van der Waals surface area contributed by atoms with Gasteiger partial charge in [-0.2, -0.15) is 15.0 Å². The highest BCUT2D eigenvalue weighted by atomic mass is 16.7. The van der Waals surface area contributed by atoms with Crippen LogP contribution in [0.3, 0.4) is 0 Å². The molecule has 9 heteroatoms. The second-order valence-electron chi connectivity index (χ2n) is 8.15. The lowest BCUT2D eigenvalue weighted by atomic mass is 10.1. The fraction of sp³-hybridized carbons (Fsp3) is 0.409. The van der Waals surface area contributed by atoms with E-state index in [1.807, 2.05) is 49.1 Å². The van der Waals surface area contributed by atoms with Crippen LogP contribution < -0.4 is 5.06 Å². The Morgan fingerprint density at radius 3 is 2.58 bits per heavy atom. The fourth-order valence-corrected chi connectivity index (χ4v) is 4.00. The topological polar surface area (TPSA) is 89.3 Å². The summed E-state index contributed by atoms with van der Waals surface area (Å²) in [6.45, 7) is 4.93. The zero-order chi connectivity index (χ0) is 21.4. The van der Waals surface area contributed by atoms with Crippen LogP contribution in [0.4, 0.5) is 5.82 Å². The first-order valence-corrected chi connectivity index (χ1v) is 10.6. The molecule has 1 saturated carbocycles. The van der Waals surface area contributed by atoms with E-state index in [2.05, 4.69) is 15.2 Å². The second kappa shape index (κ2) is 8.07. The van der Waals surface area contributed by atoms with Gasteiger partial charge >= 0.3 is 0 Å². The van der Waals surface area contributed by atoms with E-state index in [0.717, 1.165) is 24.5 Å². The number of hydrogen-bond acceptors (Lipinski definition) is 7. The summed E-state index contributed by atoms with van der Waals surface area (Å²) in [6.07, 6.45) is 7.27. The van der Waals surface area contributed by atoms with Gasteiger partial charge in [-0.05, 0) is 38.8 Å². The molecule has 0 N–H and O–H groups in total. The summed E-state index contributed by atoms with van der Waals surface area (Å²) in [5.41, 5.74) is 1.22. The van der Waals surface area contributed by atoms with Crippen molar-refractivity contribution in [3.8, 4) is 5.69 Å². The number of benzene rings is 1. The zero-order valence-electron chi connectivity index (χ0n) is 17.6. The van der Waals surface area contributed by atoms with Crippen molar-refractivity contribution in [1.82, 2.24) is 29.9 Å². The fourth-order valence-electron chi connectivity index (χ4n) is 4.00. The maximum atomic E-state index is 13.6. The van der Waals surface area contributed by atoms with Gasteiger partial charge in [0.1, 0.15) is 5.82 Å². The number of carbonyl (C=O) groups is 1. The van der Waals surface area contributed by atoms with Crippen LogP contribution in [0.5, 0.6) is 0 Å². The Balaban J connectivity index is 1.41. The van der Waals surface area contributed by atoms with E-state index in [1.165, 1.54) is 4.80 Å². The summed E-state index contributed by atoms with van der Waals surface area (Å²) < 4.78 is 0. The van der Waals surface area contributed by atoms with Crippen LogP contribution >= 0.6 is 0 Å². The number of amides is 1. The van der Waals surface area contributed by atoms with Crippen molar-refractivity contribution in [3.63, 3.8) is 0 Å². The van der Waals surface area contributed by atoms with Gasteiger partial charge in [-0.1, -0.05) is 12.1 Å². The standard InChI is InChI=1S/C22H25N7O2/c1-15-13-27(20-9-10-23-21(26-20)17-7-8-17)31-14-16(2)28(15)22(30)18-5-3-4-6-19(18)29-24-11-12-25-29/h3-6,9-12,15-17H,7-8,13-14H2,1-2H3/t15-,16+/m0/s1. The van der Waals surface area contributed by atoms with Gasteiger partial charge in [-0.3, -0.25) is 9.63 Å². The Morgan fingerprint density at radius 1 is 1.03 bits per heavy atom. The Morgan fingerprint density at radius 2 is 1.81 bits per heavy atom. The number of carbonyl (C=O) groups excluding carboxylic acids is 1. The molecular formula is C22H25N7O2. The predicted molar refractivity (Wildman–Crippen MR) is 114 cm³/mol. The molecule has 31 heavy (non-hydrogen) atoms. The molecule has 1 aliphatic heterocycles. The molecule has 2 aliphatic rings. The number of para-hydroxylation sites is 1. The molecule has 3 heterocycles. The molecule has 0 unspecified atom stereocenters. The van der Waals surface area contributed by atoms with Gasteiger partial charge in [0.05, 0.1) is 42.8 Å². The van der Waals surface area contributed by atoms with Crippen molar-refractivity contribution in [2.45, 2.75) is 44.7 Å². The van der Waals surface area contributed by atoms with Crippen molar-refractivity contribution in [2.24, 2.45) is 0 Å². The van der Waals surface area contributed by atoms with Crippen molar-refractivity contribution >= 4 is 11.7 Å². The molecule has 3 aromatic rings. The van der Waals surface area contributed by atoms with E-state index in [4.69, 9.17) is 9.82 Å². The molecule has 2 fully saturated rings. The van der Waals surface area contributed by atoms with Crippen molar-refractivity contribution in [1.29, 1.82) is 0 Å². The molecule has 0 bridgehead atoms. The van der Waals surface area contributed by atoms with Gasteiger partial charge in [-0.15, -0.1) is 0 Å². The molecular weight excluding hydrogens is 394 g/mol. The zero-order valence-corrected chi connectivity index (χ0v) is 17.6. The molecule has 5 rings (SSSR count). The molecule has 1 amide bonds.